The molecule has 142 valence electrons. The fourth-order valence-corrected chi connectivity index (χ4v) is 2.95. The van der Waals surface area contributed by atoms with Gasteiger partial charge >= 0.3 is 0 Å². The van der Waals surface area contributed by atoms with E-state index in [1.165, 1.54) is 0 Å². The summed E-state index contributed by atoms with van der Waals surface area (Å²) < 4.78 is 11.1. The number of hydrogen-bond acceptors (Lipinski definition) is 5. The van der Waals surface area contributed by atoms with Gasteiger partial charge in [-0.25, -0.2) is 0 Å². The predicted octanol–water partition coefficient (Wildman–Crippen LogP) is 3.00. The fourth-order valence-electron chi connectivity index (χ4n) is 2.95. The molecule has 1 heterocycles. The molecule has 6 heteroatoms. The highest BCUT2D eigenvalue weighted by Crippen LogP contribution is 2.37. The van der Waals surface area contributed by atoms with Crippen LogP contribution in [0.25, 0.3) is 6.08 Å². The van der Waals surface area contributed by atoms with Crippen molar-refractivity contribution in [2.45, 2.75) is 6.42 Å². The van der Waals surface area contributed by atoms with Gasteiger partial charge in [-0.15, -0.1) is 0 Å². The average molecular weight is 367 g/mol. The third-order valence-corrected chi connectivity index (χ3v) is 4.35. The van der Waals surface area contributed by atoms with Gasteiger partial charge in [-0.2, -0.15) is 0 Å². The van der Waals surface area contributed by atoms with E-state index in [4.69, 9.17) is 15.2 Å². The Morgan fingerprint density at radius 1 is 1.19 bits per heavy atom. The van der Waals surface area contributed by atoms with E-state index in [0.29, 0.717) is 18.0 Å². The second-order valence-electron chi connectivity index (χ2n) is 6.72. The summed E-state index contributed by atoms with van der Waals surface area (Å²) >= 11 is 0. The van der Waals surface area contributed by atoms with E-state index in [1.54, 1.807) is 30.2 Å². The molecular weight excluding hydrogens is 342 g/mol. The number of nitrogens with two attached hydrogens (primary N) is 1. The lowest BCUT2D eigenvalue weighted by Crippen LogP contribution is -2.38. The molecule has 0 radical (unpaired) electrons. The van der Waals surface area contributed by atoms with Gasteiger partial charge < -0.3 is 25.0 Å². The first kappa shape index (κ1) is 18.8. The Labute approximate surface area is 159 Å². The van der Waals surface area contributed by atoms with Gasteiger partial charge in [0.1, 0.15) is 5.75 Å². The first-order valence-electron chi connectivity index (χ1n) is 8.87. The summed E-state index contributed by atoms with van der Waals surface area (Å²) in [6, 6.07) is 12.8. The maximum atomic E-state index is 13.0. The number of carbonyl (C=O) groups is 1. The first-order chi connectivity index (χ1) is 13.0. The topological polar surface area (TPSA) is 68.0 Å². The average Bonchev–Trinajstić information content (AvgIpc) is 2.65. The molecule has 0 spiro atoms. The molecule has 2 aromatic rings. The van der Waals surface area contributed by atoms with Crippen LogP contribution in [0.1, 0.15) is 12.0 Å². The van der Waals surface area contributed by atoms with E-state index in [0.717, 1.165) is 30.0 Å². The van der Waals surface area contributed by atoms with E-state index in [9.17, 15) is 4.79 Å². The van der Waals surface area contributed by atoms with Crippen molar-refractivity contribution in [3.63, 3.8) is 0 Å². The minimum atomic E-state index is -0.151. The van der Waals surface area contributed by atoms with Crippen molar-refractivity contribution in [3.8, 4) is 11.5 Å². The summed E-state index contributed by atoms with van der Waals surface area (Å²) in [5.74, 6) is 1.49. The van der Waals surface area contributed by atoms with Crippen LogP contribution >= 0.6 is 0 Å². The summed E-state index contributed by atoms with van der Waals surface area (Å²) in [5.41, 5.74) is 8.12. The molecule has 0 aromatic heterocycles. The molecule has 0 unspecified atom stereocenters. The van der Waals surface area contributed by atoms with E-state index < -0.39 is 0 Å². The summed E-state index contributed by atoms with van der Waals surface area (Å²) in [5, 5.41) is 0. The molecule has 0 saturated carbocycles. The van der Waals surface area contributed by atoms with Gasteiger partial charge in [0.25, 0.3) is 5.91 Å². The first-order valence-corrected chi connectivity index (χ1v) is 8.87. The number of rotatable bonds is 6. The molecule has 0 fully saturated rings. The zero-order valence-corrected chi connectivity index (χ0v) is 15.9. The molecule has 0 saturated heterocycles. The van der Waals surface area contributed by atoms with Crippen LogP contribution in [0.5, 0.6) is 11.5 Å². The Morgan fingerprint density at radius 2 is 1.93 bits per heavy atom. The highest BCUT2D eigenvalue weighted by Gasteiger charge is 2.30. The molecule has 3 rings (SSSR count). The minimum Gasteiger partial charge on any atom is -0.497 e. The smallest absolute Gasteiger partial charge is 0.294 e. The number of hydrogen-bond donors (Lipinski definition) is 1. The zero-order chi connectivity index (χ0) is 19.4. The second kappa shape index (κ2) is 8.14. The molecule has 27 heavy (non-hydrogen) atoms. The largest absolute Gasteiger partial charge is 0.497 e. The van der Waals surface area contributed by atoms with Crippen LogP contribution in [0.15, 0.2) is 48.2 Å². The number of fused-ring (bicyclic) bond motifs is 1. The number of benzene rings is 2. The third kappa shape index (κ3) is 4.41. The van der Waals surface area contributed by atoms with Crippen molar-refractivity contribution < 1.29 is 14.3 Å². The number of nitrogen functional groups attached to an aromatic ring is 1. The van der Waals surface area contributed by atoms with Crippen molar-refractivity contribution in [2.24, 2.45) is 0 Å². The second-order valence-corrected chi connectivity index (χ2v) is 6.72. The Kier molecular flexibility index (Phi) is 5.66. The van der Waals surface area contributed by atoms with Gasteiger partial charge in [-0.3, -0.25) is 4.79 Å². The van der Waals surface area contributed by atoms with Crippen molar-refractivity contribution in [1.82, 2.24) is 4.90 Å². The minimum absolute atomic E-state index is 0.151. The van der Waals surface area contributed by atoms with E-state index in [1.807, 2.05) is 44.4 Å². The number of anilines is 2. The van der Waals surface area contributed by atoms with Gasteiger partial charge in [0.05, 0.1) is 12.8 Å². The van der Waals surface area contributed by atoms with Gasteiger partial charge in [-0.1, -0.05) is 12.1 Å². The third-order valence-electron chi connectivity index (χ3n) is 4.35. The predicted molar refractivity (Wildman–Crippen MR) is 108 cm³/mol. The number of carbonyl (C=O) groups excluding carboxylic acids is 1. The summed E-state index contributed by atoms with van der Waals surface area (Å²) in [6.45, 7) is 1.50. The molecule has 0 aliphatic carbocycles. The van der Waals surface area contributed by atoms with Crippen molar-refractivity contribution >= 4 is 23.4 Å². The quantitative estimate of drug-likeness (QED) is 0.628. The molecule has 1 aliphatic rings. The molecule has 0 atom stereocenters. The van der Waals surface area contributed by atoms with Crippen molar-refractivity contribution in [2.75, 3.05) is 44.9 Å². The van der Waals surface area contributed by atoms with Crippen LogP contribution in [-0.2, 0) is 4.79 Å². The lowest BCUT2D eigenvalue weighted by atomic mass is 10.1. The van der Waals surface area contributed by atoms with Crippen LogP contribution in [0.4, 0.5) is 11.4 Å². The van der Waals surface area contributed by atoms with Crippen LogP contribution < -0.4 is 20.1 Å². The Hall–Kier alpha value is -2.99. The Balaban J connectivity index is 1.91. The SMILES string of the molecule is COc1ccc(/C=C2/Oc3cc(N)ccc3N(CCCN(C)C)C2=O)cc1. The molecule has 1 amide bonds. The number of methoxy groups -OCH3 is 1. The summed E-state index contributed by atoms with van der Waals surface area (Å²) in [6.07, 6.45) is 2.60. The van der Waals surface area contributed by atoms with Crippen molar-refractivity contribution in [3.05, 3.63) is 53.8 Å². The van der Waals surface area contributed by atoms with Gasteiger partial charge in [0.2, 0.25) is 0 Å². The van der Waals surface area contributed by atoms with Crippen LogP contribution in [0, 0.1) is 0 Å². The van der Waals surface area contributed by atoms with Crippen molar-refractivity contribution in [1.29, 1.82) is 0 Å². The lowest BCUT2D eigenvalue weighted by Gasteiger charge is -2.31. The molecule has 2 N–H and O–H groups in total. The highest BCUT2D eigenvalue weighted by atomic mass is 16.5. The molecular formula is C21H25N3O3. The van der Waals surface area contributed by atoms with E-state index in [2.05, 4.69) is 4.90 Å². The van der Waals surface area contributed by atoms with E-state index in [-0.39, 0.29) is 11.7 Å². The lowest BCUT2D eigenvalue weighted by molar-refractivity contribution is -0.117. The standard InChI is InChI=1S/C21H25N3O3/c1-23(2)11-4-12-24-18-10-7-16(22)14-19(18)27-20(21(24)25)13-15-5-8-17(26-3)9-6-15/h5-10,13-14H,4,11-12,22H2,1-3H3/b20-13+. The van der Waals surface area contributed by atoms with Crippen LogP contribution in [-0.4, -0.2) is 45.1 Å². The van der Waals surface area contributed by atoms with Crippen LogP contribution in [0.2, 0.25) is 0 Å². The molecule has 2 aromatic carbocycles. The fraction of sp³-hybridized carbons (Fsp3) is 0.286. The zero-order valence-electron chi connectivity index (χ0n) is 15.9. The highest BCUT2D eigenvalue weighted by molar-refractivity contribution is 6.10. The molecule has 6 nitrogen and oxygen atoms in total. The summed E-state index contributed by atoms with van der Waals surface area (Å²) in [4.78, 5) is 16.9. The maximum Gasteiger partial charge on any atom is 0.294 e. The monoisotopic (exact) mass is 367 g/mol. The number of ether oxygens (including phenoxy) is 2. The maximum absolute atomic E-state index is 13.0. The van der Waals surface area contributed by atoms with E-state index >= 15 is 0 Å². The Bertz CT molecular complexity index is 844. The number of nitrogens with zero attached hydrogens (tertiary/aromatic N) is 2. The number of amides is 1. The normalized spacial score (nSPS) is 15.0. The Morgan fingerprint density at radius 3 is 2.59 bits per heavy atom. The van der Waals surface area contributed by atoms with Gasteiger partial charge in [-0.05, 0) is 63.0 Å². The molecule has 0 bridgehead atoms. The van der Waals surface area contributed by atoms with Gasteiger partial charge in [0.15, 0.2) is 11.5 Å². The summed E-state index contributed by atoms with van der Waals surface area (Å²) in [7, 11) is 5.66. The molecule has 1 aliphatic heterocycles. The van der Waals surface area contributed by atoms with Gasteiger partial charge in [0, 0.05) is 18.3 Å². The van der Waals surface area contributed by atoms with Crippen LogP contribution in [0.3, 0.4) is 0 Å².